The summed E-state index contributed by atoms with van der Waals surface area (Å²) in [7, 11) is 1.50. The fraction of sp³-hybridized carbons (Fsp3) is 0.389. The summed E-state index contributed by atoms with van der Waals surface area (Å²) in [6, 6.07) is 7.76. The molecule has 1 aromatic carbocycles. The lowest BCUT2D eigenvalue weighted by molar-refractivity contribution is -0.138. The van der Waals surface area contributed by atoms with Crippen LogP contribution < -0.4 is 9.46 Å². The molecule has 142 valence electrons. The van der Waals surface area contributed by atoms with Crippen molar-refractivity contribution in [1.29, 1.82) is 0 Å². The first-order valence-corrected chi connectivity index (χ1v) is 9.03. The van der Waals surface area contributed by atoms with E-state index in [2.05, 4.69) is 9.71 Å². The number of methoxy groups -OCH3 is 1. The fourth-order valence-electron chi connectivity index (χ4n) is 2.25. The summed E-state index contributed by atoms with van der Waals surface area (Å²) in [6.07, 6.45) is -3.28. The van der Waals surface area contributed by atoms with Gasteiger partial charge in [-0.15, -0.1) is 4.72 Å². The molecular formula is C18H21F3N2O2S. The molecule has 2 atom stereocenters. The Morgan fingerprint density at radius 2 is 1.73 bits per heavy atom. The zero-order valence-corrected chi connectivity index (χ0v) is 15.7. The highest BCUT2D eigenvalue weighted by Crippen LogP contribution is 2.36. The monoisotopic (exact) mass is 386 g/mol. The van der Waals surface area contributed by atoms with Crippen LogP contribution in [0, 0.1) is 0 Å². The lowest BCUT2D eigenvalue weighted by atomic mass is 10.00. The van der Waals surface area contributed by atoms with Crippen LogP contribution in [0.2, 0.25) is 0 Å². The number of pyridine rings is 1. The van der Waals surface area contributed by atoms with Crippen molar-refractivity contribution in [2.45, 2.75) is 37.7 Å². The summed E-state index contributed by atoms with van der Waals surface area (Å²) in [5.74, 6) is 0.571. The van der Waals surface area contributed by atoms with E-state index >= 15 is 0 Å². The molecule has 0 radical (unpaired) electrons. The average molecular weight is 386 g/mol. The van der Waals surface area contributed by atoms with Crippen molar-refractivity contribution in [3.8, 4) is 5.75 Å². The van der Waals surface area contributed by atoms with Gasteiger partial charge in [-0.3, -0.25) is 4.98 Å². The lowest BCUT2D eigenvalue weighted by Gasteiger charge is -2.29. The van der Waals surface area contributed by atoms with Crippen LogP contribution in [0.1, 0.15) is 43.6 Å². The Balaban J connectivity index is 2.54. The van der Waals surface area contributed by atoms with Crippen molar-refractivity contribution < 1.29 is 22.5 Å². The van der Waals surface area contributed by atoms with Crippen LogP contribution in [0.25, 0.3) is 0 Å². The molecule has 8 heteroatoms. The van der Waals surface area contributed by atoms with Crippen molar-refractivity contribution in [1.82, 2.24) is 9.71 Å². The number of alkyl halides is 3. The maximum atomic E-state index is 13.5. The first kappa shape index (κ1) is 20.5. The number of aromatic nitrogens is 1. The Morgan fingerprint density at radius 3 is 2.23 bits per heavy atom. The number of nitrogens with one attached hydrogen (secondary N) is 1. The second-order valence-corrected chi connectivity index (χ2v) is 8.64. The minimum absolute atomic E-state index is 0.220. The van der Waals surface area contributed by atoms with Crippen LogP contribution >= 0.6 is 0 Å². The van der Waals surface area contributed by atoms with Crippen molar-refractivity contribution in [3.63, 3.8) is 0 Å². The Kier molecular flexibility index (Phi) is 6.21. The van der Waals surface area contributed by atoms with E-state index in [4.69, 9.17) is 4.74 Å². The number of ether oxygens (including phenoxy) is 1. The molecule has 0 saturated carbocycles. The highest BCUT2D eigenvalue weighted by atomic mass is 32.2. The average Bonchev–Trinajstić information content (AvgIpc) is 2.58. The highest BCUT2D eigenvalue weighted by molar-refractivity contribution is 7.90. The van der Waals surface area contributed by atoms with Gasteiger partial charge >= 0.3 is 6.18 Å². The number of benzene rings is 1. The zero-order valence-electron chi connectivity index (χ0n) is 14.9. The van der Waals surface area contributed by atoms with Crippen molar-refractivity contribution in [3.05, 3.63) is 59.4 Å². The van der Waals surface area contributed by atoms with Gasteiger partial charge in [0.05, 0.1) is 18.4 Å². The van der Waals surface area contributed by atoms with Crippen LogP contribution in [0.3, 0.4) is 0 Å². The molecule has 2 rings (SSSR count). The quantitative estimate of drug-likeness (QED) is 0.781. The molecular weight excluding hydrogens is 365 g/mol. The van der Waals surface area contributed by atoms with Gasteiger partial charge in [-0.05, 0) is 50.6 Å². The van der Waals surface area contributed by atoms with E-state index in [1.807, 2.05) is 0 Å². The van der Waals surface area contributed by atoms with E-state index in [0.717, 1.165) is 6.07 Å². The van der Waals surface area contributed by atoms with E-state index in [9.17, 15) is 17.7 Å². The number of hydrogen-bond donors (Lipinski definition) is 1. The maximum absolute atomic E-state index is 13.5. The van der Waals surface area contributed by atoms with Gasteiger partial charge in [0, 0.05) is 17.6 Å². The second-order valence-electron chi connectivity index (χ2n) is 6.64. The molecule has 0 spiro atoms. The standard InChI is InChI=1S/C18H21F3N2O2S/c1-17(2,3)26(24)23-15(12-7-9-13(25-4)10-8-12)16-14(18(19,20)21)6-5-11-22-16/h5-11,15,23H,1-4H3/t15-,26-/m0/s1. The maximum Gasteiger partial charge on any atom is 0.418 e. The van der Waals surface area contributed by atoms with Gasteiger partial charge < -0.3 is 9.29 Å². The smallest absolute Gasteiger partial charge is 0.418 e. The predicted octanol–water partition coefficient (Wildman–Crippen LogP) is 4.25. The Bertz CT molecular complexity index is 730. The molecule has 26 heavy (non-hydrogen) atoms. The topological polar surface area (TPSA) is 57.2 Å². The minimum Gasteiger partial charge on any atom is -0.598 e. The summed E-state index contributed by atoms with van der Waals surface area (Å²) in [5.41, 5.74) is -0.574. The van der Waals surface area contributed by atoms with E-state index in [1.54, 1.807) is 45.0 Å². The third-order valence-electron chi connectivity index (χ3n) is 3.65. The van der Waals surface area contributed by atoms with Gasteiger partial charge in [0.1, 0.15) is 16.5 Å². The molecule has 0 saturated heterocycles. The van der Waals surface area contributed by atoms with E-state index in [0.29, 0.717) is 11.3 Å². The summed E-state index contributed by atoms with van der Waals surface area (Å²) < 4.78 is 60.2. The number of nitrogens with zero attached hydrogens (tertiary/aromatic N) is 1. The molecule has 0 aliphatic rings. The summed E-state index contributed by atoms with van der Waals surface area (Å²) >= 11 is -1.60. The normalized spacial score (nSPS) is 14.8. The molecule has 0 fully saturated rings. The molecule has 0 bridgehead atoms. The molecule has 2 aromatic rings. The van der Waals surface area contributed by atoms with E-state index in [1.165, 1.54) is 19.4 Å². The summed E-state index contributed by atoms with van der Waals surface area (Å²) in [5, 5.41) is 0. The molecule has 0 unspecified atom stereocenters. The van der Waals surface area contributed by atoms with E-state index in [-0.39, 0.29) is 5.69 Å². The van der Waals surface area contributed by atoms with Crippen molar-refractivity contribution >= 4 is 11.4 Å². The van der Waals surface area contributed by atoms with Gasteiger partial charge in [-0.25, -0.2) is 0 Å². The fourth-order valence-corrected chi connectivity index (χ4v) is 3.06. The Labute approximate surface area is 154 Å². The van der Waals surface area contributed by atoms with Crippen molar-refractivity contribution in [2.75, 3.05) is 7.11 Å². The first-order chi connectivity index (χ1) is 12.0. The lowest BCUT2D eigenvalue weighted by Crippen LogP contribution is -2.42. The largest absolute Gasteiger partial charge is 0.598 e. The Hall–Kier alpha value is -1.77. The van der Waals surface area contributed by atoms with Crippen LogP contribution in [-0.2, 0) is 17.5 Å². The van der Waals surface area contributed by atoms with Crippen LogP contribution in [-0.4, -0.2) is 21.4 Å². The second kappa shape index (κ2) is 7.85. The third-order valence-corrected chi connectivity index (χ3v) is 5.21. The Morgan fingerprint density at radius 1 is 1.12 bits per heavy atom. The predicted molar refractivity (Wildman–Crippen MR) is 95.1 cm³/mol. The molecule has 1 aromatic heterocycles. The van der Waals surface area contributed by atoms with E-state index < -0.39 is 33.9 Å². The molecule has 0 aliphatic heterocycles. The van der Waals surface area contributed by atoms with Gasteiger partial charge in [0.2, 0.25) is 0 Å². The zero-order chi connectivity index (χ0) is 19.5. The SMILES string of the molecule is COc1ccc([C@H](N[S@@+]([O-])C(C)(C)C)c2ncccc2C(F)(F)F)cc1. The molecule has 0 amide bonds. The molecule has 4 nitrogen and oxygen atoms in total. The van der Waals surface area contributed by atoms with Crippen LogP contribution in [0.15, 0.2) is 42.6 Å². The number of rotatable bonds is 5. The van der Waals surface area contributed by atoms with Crippen LogP contribution in [0.5, 0.6) is 5.75 Å². The van der Waals surface area contributed by atoms with Gasteiger partial charge in [0.25, 0.3) is 0 Å². The molecule has 1 N–H and O–H groups in total. The first-order valence-electron chi connectivity index (χ1n) is 7.88. The molecule has 1 heterocycles. The van der Waals surface area contributed by atoms with Gasteiger partial charge in [0.15, 0.2) is 0 Å². The minimum atomic E-state index is -4.57. The highest BCUT2D eigenvalue weighted by Gasteiger charge is 2.39. The van der Waals surface area contributed by atoms with Gasteiger partial charge in [-0.1, -0.05) is 12.1 Å². The summed E-state index contributed by atoms with van der Waals surface area (Å²) in [6.45, 7) is 5.22. The summed E-state index contributed by atoms with van der Waals surface area (Å²) in [4.78, 5) is 3.95. The third kappa shape index (κ3) is 4.90. The molecule has 0 aliphatic carbocycles. The number of hydrogen-bond acceptors (Lipinski definition) is 4. The number of halogens is 3. The van der Waals surface area contributed by atoms with Crippen LogP contribution in [0.4, 0.5) is 13.2 Å². The van der Waals surface area contributed by atoms with Crippen molar-refractivity contribution in [2.24, 2.45) is 0 Å². The van der Waals surface area contributed by atoms with Gasteiger partial charge in [-0.2, -0.15) is 13.2 Å².